The molecule has 0 bridgehead atoms. The molecular formula is C25H21NO4S. The first-order chi connectivity index (χ1) is 15.0. The van der Waals surface area contributed by atoms with Gasteiger partial charge in [0.15, 0.2) is 6.10 Å². The molecular weight excluding hydrogens is 410 g/mol. The summed E-state index contributed by atoms with van der Waals surface area (Å²) >= 11 is 1.50. The minimum absolute atomic E-state index is 0.0117. The smallest absolute Gasteiger partial charge is 0.344 e. The van der Waals surface area contributed by atoms with Crippen molar-refractivity contribution in [2.45, 2.75) is 19.6 Å². The Morgan fingerprint density at radius 2 is 1.94 bits per heavy atom. The average Bonchev–Trinajstić information content (AvgIpc) is 3.40. The summed E-state index contributed by atoms with van der Waals surface area (Å²) in [5.41, 5.74) is 1.53. The zero-order valence-electron chi connectivity index (χ0n) is 16.9. The Morgan fingerprint density at radius 3 is 2.74 bits per heavy atom. The Labute approximate surface area is 183 Å². The molecule has 6 heteroatoms. The van der Waals surface area contributed by atoms with Crippen molar-refractivity contribution in [2.75, 3.05) is 0 Å². The van der Waals surface area contributed by atoms with E-state index in [-0.39, 0.29) is 5.78 Å². The van der Waals surface area contributed by atoms with Crippen LogP contribution in [-0.4, -0.2) is 27.5 Å². The summed E-state index contributed by atoms with van der Waals surface area (Å²) in [4.78, 5) is 24.7. The van der Waals surface area contributed by atoms with Crippen molar-refractivity contribution in [3.8, 4) is 5.75 Å². The Hall–Kier alpha value is -3.64. The largest absolute Gasteiger partial charge is 0.479 e. The van der Waals surface area contributed by atoms with Gasteiger partial charge in [-0.25, -0.2) is 4.79 Å². The molecule has 0 unspecified atom stereocenters. The molecule has 4 rings (SSSR count). The Morgan fingerprint density at radius 1 is 1.10 bits per heavy atom. The van der Waals surface area contributed by atoms with Crippen LogP contribution in [0.5, 0.6) is 5.75 Å². The number of allylic oxidation sites excluding steroid dienone is 1. The number of rotatable bonds is 8. The van der Waals surface area contributed by atoms with Crippen molar-refractivity contribution in [2.24, 2.45) is 0 Å². The molecule has 0 fully saturated rings. The highest BCUT2D eigenvalue weighted by Gasteiger charge is 2.16. The van der Waals surface area contributed by atoms with E-state index in [1.54, 1.807) is 12.1 Å². The molecule has 4 aromatic rings. The van der Waals surface area contributed by atoms with Crippen molar-refractivity contribution in [3.05, 3.63) is 95.1 Å². The molecule has 0 aliphatic heterocycles. The zero-order chi connectivity index (χ0) is 21.8. The van der Waals surface area contributed by atoms with E-state index in [1.165, 1.54) is 18.3 Å². The molecule has 2 aromatic carbocycles. The van der Waals surface area contributed by atoms with Gasteiger partial charge in [-0.2, -0.15) is 0 Å². The van der Waals surface area contributed by atoms with E-state index < -0.39 is 12.1 Å². The van der Waals surface area contributed by atoms with E-state index in [0.29, 0.717) is 18.0 Å². The summed E-state index contributed by atoms with van der Waals surface area (Å²) in [6, 6.07) is 20.9. The number of carboxylic acids is 1. The number of carboxylic acid groups (broad SMARTS) is 1. The standard InChI is InChI=1S/C25H21NO4S/c1-17(25(28)29)30-20-10-4-7-18(15-20)8-5-13-26-14-6-11-21(26)24(27)23-16-19-9-2-3-12-22(19)31-23/h2-12,14-17H,13H2,1H3,(H,28,29)/b8-5+/t17-/m0/s1. The minimum atomic E-state index is -1.01. The molecule has 0 amide bonds. The van der Waals surface area contributed by atoms with Crippen molar-refractivity contribution < 1.29 is 19.4 Å². The third-order valence-corrected chi connectivity index (χ3v) is 5.96. The number of aromatic nitrogens is 1. The van der Waals surface area contributed by atoms with Crippen LogP contribution < -0.4 is 4.74 Å². The van der Waals surface area contributed by atoms with Crippen molar-refractivity contribution in [1.29, 1.82) is 0 Å². The van der Waals surface area contributed by atoms with Gasteiger partial charge in [-0.15, -0.1) is 11.3 Å². The first-order valence-electron chi connectivity index (χ1n) is 9.86. The first kappa shape index (κ1) is 20.6. The number of fused-ring (bicyclic) bond motifs is 1. The van der Waals surface area contributed by atoms with Gasteiger partial charge >= 0.3 is 5.97 Å². The Kier molecular flexibility index (Phi) is 6.00. The molecule has 1 atom stereocenters. The van der Waals surface area contributed by atoms with E-state index in [0.717, 1.165) is 20.5 Å². The second-order valence-corrected chi connectivity index (χ2v) is 8.18. The van der Waals surface area contributed by atoms with E-state index in [9.17, 15) is 9.59 Å². The molecule has 0 aliphatic carbocycles. The summed E-state index contributed by atoms with van der Waals surface area (Å²) in [6.07, 6.45) is 4.86. The van der Waals surface area contributed by atoms with E-state index in [4.69, 9.17) is 9.84 Å². The number of hydrogen-bond acceptors (Lipinski definition) is 4. The van der Waals surface area contributed by atoms with Crippen LogP contribution in [0.25, 0.3) is 16.2 Å². The van der Waals surface area contributed by atoms with Gasteiger partial charge in [0.05, 0.1) is 10.6 Å². The van der Waals surface area contributed by atoms with Gasteiger partial charge in [0, 0.05) is 17.4 Å². The molecule has 156 valence electrons. The molecule has 2 aromatic heterocycles. The predicted octanol–water partition coefficient (Wildman–Crippen LogP) is 5.50. The number of carbonyl (C=O) groups excluding carboxylic acids is 1. The fourth-order valence-corrected chi connectivity index (χ4v) is 4.26. The van der Waals surface area contributed by atoms with Crippen LogP contribution in [-0.2, 0) is 11.3 Å². The van der Waals surface area contributed by atoms with Gasteiger partial charge in [0.25, 0.3) is 0 Å². The average molecular weight is 432 g/mol. The number of benzene rings is 2. The number of hydrogen-bond donors (Lipinski definition) is 1. The summed E-state index contributed by atoms with van der Waals surface area (Å²) < 4.78 is 8.42. The van der Waals surface area contributed by atoms with Crippen LogP contribution in [0.1, 0.15) is 27.9 Å². The number of aliphatic carboxylic acids is 1. The second kappa shape index (κ2) is 9.02. The number of ether oxygens (including phenoxy) is 1. The summed E-state index contributed by atoms with van der Waals surface area (Å²) in [7, 11) is 0. The molecule has 5 nitrogen and oxygen atoms in total. The summed E-state index contributed by atoms with van der Waals surface area (Å²) in [6.45, 7) is 2.03. The summed E-state index contributed by atoms with van der Waals surface area (Å²) in [5, 5.41) is 10.1. The molecule has 0 saturated carbocycles. The van der Waals surface area contributed by atoms with Gasteiger partial charge in [-0.1, -0.05) is 42.5 Å². The van der Waals surface area contributed by atoms with Gasteiger partial charge in [-0.05, 0) is 54.3 Å². The van der Waals surface area contributed by atoms with Gasteiger partial charge in [0.2, 0.25) is 5.78 Å². The lowest BCUT2D eigenvalue weighted by Crippen LogP contribution is -2.22. The molecule has 0 spiro atoms. The molecule has 1 N–H and O–H groups in total. The monoisotopic (exact) mass is 431 g/mol. The SMILES string of the molecule is C[C@H](Oc1cccc(/C=C/Cn2cccc2C(=O)c2cc3ccccc3s2)c1)C(=O)O. The van der Waals surface area contributed by atoms with Crippen LogP contribution >= 0.6 is 11.3 Å². The molecule has 0 radical (unpaired) electrons. The van der Waals surface area contributed by atoms with Gasteiger partial charge in [0.1, 0.15) is 5.75 Å². The van der Waals surface area contributed by atoms with Crippen LogP contribution in [0.2, 0.25) is 0 Å². The lowest BCUT2D eigenvalue weighted by atomic mass is 10.2. The normalized spacial score (nSPS) is 12.3. The molecule has 0 aliphatic rings. The maximum Gasteiger partial charge on any atom is 0.344 e. The fourth-order valence-electron chi connectivity index (χ4n) is 3.25. The number of carbonyl (C=O) groups is 2. The highest BCUT2D eigenvalue weighted by atomic mass is 32.1. The topological polar surface area (TPSA) is 68.5 Å². The number of thiophene rings is 1. The zero-order valence-corrected chi connectivity index (χ0v) is 17.7. The van der Waals surface area contributed by atoms with Crippen LogP contribution in [0.4, 0.5) is 0 Å². The number of nitrogens with zero attached hydrogens (tertiary/aromatic N) is 1. The van der Waals surface area contributed by atoms with Crippen molar-refractivity contribution in [3.63, 3.8) is 0 Å². The summed E-state index contributed by atoms with van der Waals surface area (Å²) in [5.74, 6) is -0.499. The first-order valence-corrected chi connectivity index (χ1v) is 10.7. The van der Waals surface area contributed by atoms with Crippen LogP contribution in [0.15, 0.2) is 79.0 Å². The molecule has 0 saturated heterocycles. The molecule has 31 heavy (non-hydrogen) atoms. The van der Waals surface area contributed by atoms with E-state index in [2.05, 4.69) is 0 Å². The van der Waals surface area contributed by atoms with Gasteiger partial charge in [-0.3, -0.25) is 4.79 Å². The van der Waals surface area contributed by atoms with Gasteiger partial charge < -0.3 is 14.4 Å². The highest BCUT2D eigenvalue weighted by Crippen LogP contribution is 2.27. The predicted molar refractivity (Wildman–Crippen MR) is 123 cm³/mol. The maximum absolute atomic E-state index is 13.0. The third-order valence-electron chi connectivity index (χ3n) is 4.84. The fraction of sp³-hybridized carbons (Fsp3) is 0.120. The highest BCUT2D eigenvalue weighted by molar-refractivity contribution is 7.21. The second-order valence-electron chi connectivity index (χ2n) is 7.10. The minimum Gasteiger partial charge on any atom is -0.479 e. The lowest BCUT2D eigenvalue weighted by molar-refractivity contribution is -0.144. The Balaban J connectivity index is 1.47. The van der Waals surface area contributed by atoms with E-state index >= 15 is 0 Å². The van der Waals surface area contributed by atoms with Crippen molar-refractivity contribution in [1.82, 2.24) is 4.57 Å². The van der Waals surface area contributed by atoms with Crippen LogP contribution in [0, 0.1) is 0 Å². The van der Waals surface area contributed by atoms with E-state index in [1.807, 2.05) is 77.5 Å². The van der Waals surface area contributed by atoms with Crippen molar-refractivity contribution >= 4 is 39.3 Å². The molecule has 2 heterocycles. The maximum atomic E-state index is 13.0. The lowest BCUT2D eigenvalue weighted by Gasteiger charge is -2.10. The van der Waals surface area contributed by atoms with Crippen LogP contribution in [0.3, 0.4) is 0 Å². The number of ketones is 1. The quantitative estimate of drug-likeness (QED) is 0.374. The Bertz CT molecular complexity index is 1230. The third kappa shape index (κ3) is 4.75.